The third-order valence-electron chi connectivity index (χ3n) is 5.66. The van der Waals surface area contributed by atoms with Gasteiger partial charge >= 0.3 is 0 Å². The summed E-state index contributed by atoms with van der Waals surface area (Å²) in [5.41, 5.74) is 8.11. The molecule has 2 heterocycles. The summed E-state index contributed by atoms with van der Waals surface area (Å²) in [6.07, 6.45) is 4.35. The normalized spacial score (nSPS) is 23.4. The van der Waals surface area contributed by atoms with E-state index in [0.717, 1.165) is 42.7 Å². The van der Waals surface area contributed by atoms with Gasteiger partial charge in [0.2, 0.25) is 0 Å². The van der Waals surface area contributed by atoms with E-state index in [2.05, 4.69) is 23.0 Å². The van der Waals surface area contributed by atoms with Crippen molar-refractivity contribution in [2.24, 2.45) is 5.10 Å². The van der Waals surface area contributed by atoms with Crippen LogP contribution in [0, 0.1) is 0 Å². The van der Waals surface area contributed by atoms with Crippen molar-refractivity contribution >= 4 is 35.3 Å². The van der Waals surface area contributed by atoms with Gasteiger partial charge in [-0.1, -0.05) is 61.9 Å². The second kappa shape index (κ2) is 10.5. The first-order valence-corrected chi connectivity index (χ1v) is 12.1. The number of hydrazine groups is 2. The molecule has 9 nitrogen and oxygen atoms in total. The quantitative estimate of drug-likeness (QED) is 0.164. The van der Waals surface area contributed by atoms with Gasteiger partial charge in [-0.2, -0.15) is 5.10 Å². The number of anilines is 3. The lowest BCUT2D eigenvalue weighted by Gasteiger charge is -2.33. The molecule has 0 radical (unpaired) electrons. The number of aliphatic hydroxyl groups is 2. The highest BCUT2D eigenvalue weighted by Crippen LogP contribution is 2.40. The molecule has 172 valence electrons. The molecule has 1 aliphatic heterocycles. The summed E-state index contributed by atoms with van der Waals surface area (Å²) in [6.45, 7) is 2.12. The van der Waals surface area contributed by atoms with E-state index in [-0.39, 0.29) is 6.04 Å². The van der Waals surface area contributed by atoms with Crippen LogP contribution in [0.1, 0.15) is 44.6 Å². The van der Waals surface area contributed by atoms with E-state index in [1.54, 1.807) is 18.0 Å². The molecular formula is C22H31N7O2S. The Bertz CT molecular complexity index is 930. The highest BCUT2D eigenvalue weighted by Gasteiger charge is 2.40. The first kappa shape index (κ1) is 22.8. The molecule has 1 aromatic heterocycles. The second-order valence-corrected chi connectivity index (χ2v) is 9.16. The molecule has 2 aliphatic rings. The molecule has 2 aromatic rings. The van der Waals surface area contributed by atoms with Crippen molar-refractivity contribution in [3.8, 4) is 0 Å². The summed E-state index contributed by atoms with van der Waals surface area (Å²) in [7, 11) is 1.88. The Morgan fingerprint density at radius 2 is 2.00 bits per heavy atom. The smallest absolute Gasteiger partial charge is 0.191 e. The fourth-order valence-corrected chi connectivity index (χ4v) is 4.71. The van der Waals surface area contributed by atoms with E-state index in [4.69, 9.17) is 9.97 Å². The summed E-state index contributed by atoms with van der Waals surface area (Å²) in [4.78, 5) is 9.51. The lowest BCUT2D eigenvalue weighted by atomic mass is 10.0. The van der Waals surface area contributed by atoms with Crippen molar-refractivity contribution in [2.45, 2.75) is 62.4 Å². The molecule has 32 heavy (non-hydrogen) atoms. The molecule has 4 rings (SSSR count). The van der Waals surface area contributed by atoms with E-state index in [1.165, 1.54) is 0 Å². The van der Waals surface area contributed by atoms with Crippen molar-refractivity contribution in [2.75, 3.05) is 28.2 Å². The number of aromatic nitrogens is 2. The van der Waals surface area contributed by atoms with E-state index >= 15 is 0 Å². The molecule has 1 saturated carbocycles. The first-order valence-electron chi connectivity index (χ1n) is 11.1. The number of hydrogen-bond donors (Lipinski definition) is 4. The van der Waals surface area contributed by atoms with Crippen LogP contribution in [0.3, 0.4) is 0 Å². The second-order valence-electron chi connectivity index (χ2n) is 8.09. The zero-order chi connectivity index (χ0) is 22.5. The number of nitrogens with one attached hydrogen (secondary N) is 2. The summed E-state index contributed by atoms with van der Waals surface area (Å²) in [5.74, 6) is 2.16. The van der Waals surface area contributed by atoms with Crippen LogP contribution in [0.25, 0.3) is 0 Å². The Hall–Kier alpha value is -2.40. The zero-order valence-corrected chi connectivity index (χ0v) is 19.3. The van der Waals surface area contributed by atoms with Gasteiger partial charge in [0.05, 0.1) is 18.4 Å². The number of hydrazone groups is 1. The minimum Gasteiger partial charge on any atom is -0.390 e. The minimum absolute atomic E-state index is 0.296. The van der Waals surface area contributed by atoms with Gasteiger partial charge in [0.15, 0.2) is 16.8 Å². The van der Waals surface area contributed by atoms with Crippen LogP contribution in [0.5, 0.6) is 0 Å². The van der Waals surface area contributed by atoms with Gasteiger partial charge in [0.1, 0.15) is 11.8 Å². The Morgan fingerprint density at radius 1 is 1.22 bits per heavy atom. The fourth-order valence-electron chi connectivity index (χ4n) is 4.02. The van der Waals surface area contributed by atoms with Gasteiger partial charge < -0.3 is 10.2 Å². The molecule has 1 aliphatic carbocycles. The minimum atomic E-state index is -0.862. The van der Waals surface area contributed by atoms with Crippen LogP contribution in [0.4, 0.5) is 17.3 Å². The predicted octanol–water partition coefficient (Wildman–Crippen LogP) is 2.76. The molecule has 3 atom stereocenters. The van der Waals surface area contributed by atoms with Gasteiger partial charge in [-0.3, -0.25) is 15.4 Å². The van der Waals surface area contributed by atoms with Crippen LogP contribution in [0.15, 0.2) is 40.6 Å². The number of rotatable bonds is 7. The third kappa shape index (κ3) is 4.98. The first-order chi connectivity index (χ1) is 15.6. The summed E-state index contributed by atoms with van der Waals surface area (Å²) in [5, 5.41) is 29.9. The van der Waals surface area contributed by atoms with E-state index in [1.807, 2.05) is 47.4 Å². The number of fused-ring (bicyclic) bond motifs is 1. The Balaban J connectivity index is 1.66. The number of aliphatic hydroxyl groups excluding tert-OH is 2. The van der Waals surface area contributed by atoms with Crippen LogP contribution < -0.4 is 21.0 Å². The van der Waals surface area contributed by atoms with Gasteiger partial charge in [-0.05, 0) is 24.8 Å². The molecule has 0 saturated heterocycles. The van der Waals surface area contributed by atoms with Gasteiger partial charge in [-0.25, -0.2) is 9.97 Å². The van der Waals surface area contributed by atoms with Crippen LogP contribution in [-0.2, 0) is 0 Å². The van der Waals surface area contributed by atoms with Crippen LogP contribution in [-0.4, -0.2) is 57.4 Å². The average Bonchev–Trinajstić information content (AvgIpc) is 3.04. The van der Waals surface area contributed by atoms with Crippen molar-refractivity contribution in [3.63, 3.8) is 0 Å². The molecule has 0 amide bonds. The molecule has 0 bridgehead atoms. The topological polar surface area (TPSA) is 109 Å². The predicted molar refractivity (Wildman–Crippen MR) is 129 cm³/mol. The van der Waals surface area contributed by atoms with E-state index in [9.17, 15) is 10.2 Å². The Labute approximate surface area is 192 Å². The van der Waals surface area contributed by atoms with Crippen molar-refractivity contribution < 1.29 is 10.2 Å². The zero-order valence-electron chi connectivity index (χ0n) is 18.5. The molecule has 0 unspecified atom stereocenters. The highest BCUT2D eigenvalue weighted by atomic mass is 32.2. The van der Waals surface area contributed by atoms with Crippen molar-refractivity contribution in [1.82, 2.24) is 15.5 Å². The maximum Gasteiger partial charge on any atom is 0.191 e. The van der Waals surface area contributed by atoms with Crippen molar-refractivity contribution in [1.29, 1.82) is 0 Å². The van der Waals surface area contributed by atoms with Crippen molar-refractivity contribution in [3.05, 3.63) is 35.9 Å². The molecule has 0 spiro atoms. The molecular weight excluding hydrogens is 426 g/mol. The fraction of sp³-hybridized carbons (Fsp3) is 0.500. The molecule has 1 aromatic carbocycles. The summed E-state index contributed by atoms with van der Waals surface area (Å²) >= 11 is 1.59. The summed E-state index contributed by atoms with van der Waals surface area (Å²) in [6, 6.07) is 9.55. The van der Waals surface area contributed by atoms with E-state index < -0.39 is 12.2 Å². The maximum absolute atomic E-state index is 10.8. The highest BCUT2D eigenvalue weighted by molar-refractivity contribution is 7.99. The Kier molecular flexibility index (Phi) is 7.46. The number of nitrogens with zero attached hydrogens (tertiary/aromatic N) is 5. The maximum atomic E-state index is 10.8. The molecule has 1 fully saturated rings. The number of thioether (sulfide) groups is 1. The average molecular weight is 458 g/mol. The molecule has 4 N–H and O–H groups in total. The number of benzene rings is 1. The van der Waals surface area contributed by atoms with Gasteiger partial charge in [0, 0.05) is 12.8 Å². The monoisotopic (exact) mass is 457 g/mol. The van der Waals surface area contributed by atoms with Gasteiger partial charge in [0.25, 0.3) is 0 Å². The van der Waals surface area contributed by atoms with Crippen LogP contribution >= 0.6 is 11.8 Å². The van der Waals surface area contributed by atoms with Crippen LogP contribution in [0.2, 0.25) is 0 Å². The standard InChI is InChI=1S/C22H31N7O2S/c1-3-13-32-22-24-20(26-23-14-15-9-5-4-6-10-15)18-21(25-22)29(27-28(18)2)16-11-7-8-12-17(30)19(16)31/h4-6,9-10,14,16-17,19,27,30-31H,3,7-8,11-13H2,1-2H3,(H,24,25,26)/b23-14+/t16-,17-,19+/m1/s1. The summed E-state index contributed by atoms with van der Waals surface area (Å²) < 4.78 is 0. The Morgan fingerprint density at radius 3 is 2.78 bits per heavy atom. The van der Waals surface area contributed by atoms with Gasteiger partial charge in [-0.15, -0.1) is 5.53 Å². The largest absolute Gasteiger partial charge is 0.390 e. The molecule has 10 heteroatoms. The SMILES string of the molecule is CCCSc1nc(N/N=C/c2ccccc2)c2c(n1)N([C@@H]1CCCC[C@@H](O)[C@H]1O)NN2C. The lowest BCUT2D eigenvalue weighted by Crippen LogP contribution is -2.55. The van der Waals surface area contributed by atoms with E-state index in [0.29, 0.717) is 23.2 Å². The third-order valence-corrected chi connectivity index (χ3v) is 6.71. The number of hydrogen-bond acceptors (Lipinski definition) is 10. The lowest BCUT2D eigenvalue weighted by molar-refractivity contribution is 0.00238.